The van der Waals surface area contributed by atoms with E-state index in [1.165, 1.54) is 0 Å². The number of nitrogens with two attached hydrogens (primary N) is 1. The zero-order valence-electron chi connectivity index (χ0n) is 17.9. The summed E-state index contributed by atoms with van der Waals surface area (Å²) in [6.07, 6.45) is -0.583. The number of carbonyl (C=O) groups is 3. The number of nitrogens with one attached hydrogen (secondary N) is 3. The number of amides is 1. The van der Waals surface area contributed by atoms with Crippen LogP contribution in [0.5, 0.6) is 0 Å². The van der Waals surface area contributed by atoms with Crippen molar-refractivity contribution in [2.75, 3.05) is 40.6 Å². The number of hydrogen-bond acceptors (Lipinski definition) is 9. The van der Waals surface area contributed by atoms with Crippen molar-refractivity contribution in [2.45, 2.75) is 24.9 Å². The molecule has 1 aromatic carbocycles. The van der Waals surface area contributed by atoms with E-state index in [0.29, 0.717) is 31.3 Å². The molecule has 3 heterocycles. The second kappa shape index (κ2) is 9.87. The molecule has 0 spiro atoms. The lowest BCUT2D eigenvalue weighted by Gasteiger charge is -2.31. The van der Waals surface area contributed by atoms with Gasteiger partial charge >= 0.3 is 11.9 Å². The van der Waals surface area contributed by atoms with Crippen molar-refractivity contribution in [3.05, 3.63) is 40.2 Å². The number of benzene rings is 1. The summed E-state index contributed by atoms with van der Waals surface area (Å²) in [5.41, 5.74) is 6.81. The fraction of sp³-hybridized carbons (Fsp3) is 0.350. The Kier molecular flexibility index (Phi) is 7.15. The zero-order valence-corrected chi connectivity index (χ0v) is 18.7. The van der Waals surface area contributed by atoms with E-state index in [1.54, 1.807) is 24.3 Å². The molecule has 2 atom stereocenters. The summed E-state index contributed by atoms with van der Waals surface area (Å²) in [5, 5.41) is 23.4. The molecule has 1 fully saturated rings. The molecular formula is C20H24ClN7O6. The minimum atomic E-state index is -1.30. The Morgan fingerprint density at radius 2 is 1.94 bits per heavy atom. The fourth-order valence-electron chi connectivity index (χ4n) is 4.00. The number of aliphatic carboxylic acids is 2. The Morgan fingerprint density at radius 3 is 2.59 bits per heavy atom. The van der Waals surface area contributed by atoms with Crippen LogP contribution in [0.15, 0.2) is 29.1 Å². The number of nitrogen functional groups attached to an aromatic ring is 1. The SMILES string of the molecule is Cl.Nc1nc2c(c(=O)[nH]1)N1CN(c3ccc(C(=O)NC(CCC(=O)O)C(=O)O)cc3)CC1CN2. The first kappa shape index (κ1) is 24.6. The van der Waals surface area contributed by atoms with Crippen LogP contribution in [0.1, 0.15) is 23.2 Å². The van der Waals surface area contributed by atoms with Crippen molar-refractivity contribution in [3.63, 3.8) is 0 Å². The average molecular weight is 494 g/mol. The van der Waals surface area contributed by atoms with Gasteiger partial charge in [-0.25, -0.2) is 4.79 Å². The van der Waals surface area contributed by atoms with E-state index in [2.05, 4.69) is 20.6 Å². The minimum absolute atomic E-state index is 0. The summed E-state index contributed by atoms with van der Waals surface area (Å²) in [7, 11) is 0. The Balaban J connectivity index is 0.00000324. The molecule has 34 heavy (non-hydrogen) atoms. The van der Waals surface area contributed by atoms with Gasteiger partial charge in [0.05, 0.1) is 12.7 Å². The molecule has 0 saturated carbocycles. The Morgan fingerprint density at radius 1 is 1.24 bits per heavy atom. The summed E-state index contributed by atoms with van der Waals surface area (Å²) in [4.78, 5) is 57.5. The van der Waals surface area contributed by atoms with Crippen LogP contribution in [0.25, 0.3) is 0 Å². The van der Waals surface area contributed by atoms with Crippen molar-refractivity contribution in [2.24, 2.45) is 0 Å². The van der Waals surface area contributed by atoms with Crippen LogP contribution in [-0.2, 0) is 9.59 Å². The minimum Gasteiger partial charge on any atom is -0.481 e. The third kappa shape index (κ3) is 4.98. The summed E-state index contributed by atoms with van der Waals surface area (Å²) in [6, 6.07) is 5.35. The highest BCUT2D eigenvalue weighted by atomic mass is 35.5. The van der Waals surface area contributed by atoms with Gasteiger partial charge in [0.25, 0.3) is 11.5 Å². The van der Waals surface area contributed by atoms with Crippen LogP contribution < -0.4 is 31.7 Å². The number of carboxylic acid groups (broad SMARTS) is 2. The molecule has 182 valence electrons. The van der Waals surface area contributed by atoms with Crippen molar-refractivity contribution < 1.29 is 24.6 Å². The van der Waals surface area contributed by atoms with Gasteiger partial charge < -0.3 is 36.4 Å². The van der Waals surface area contributed by atoms with Crippen LogP contribution in [0.3, 0.4) is 0 Å². The number of hydrogen-bond donors (Lipinski definition) is 6. The highest BCUT2D eigenvalue weighted by Gasteiger charge is 2.37. The summed E-state index contributed by atoms with van der Waals surface area (Å²) in [6.45, 7) is 1.67. The molecule has 1 amide bonds. The normalized spacial score (nSPS) is 17.0. The molecule has 13 nitrogen and oxygen atoms in total. The predicted molar refractivity (Wildman–Crippen MR) is 126 cm³/mol. The number of fused-ring (bicyclic) bond motifs is 3. The molecule has 2 unspecified atom stereocenters. The Hall–Kier alpha value is -4.00. The molecule has 14 heteroatoms. The highest BCUT2D eigenvalue weighted by Crippen LogP contribution is 2.32. The van der Waals surface area contributed by atoms with Crippen LogP contribution in [0, 0.1) is 0 Å². The summed E-state index contributed by atoms with van der Waals surface area (Å²) in [5.74, 6) is -2.55. The summed E-state index contributed by atoms with van der Waals surface area (Å²) >= 11 is 0. The van der Waals surface area contributed by atoms with Gasteiger partial charge in [0.1, 0.15) is 11.7 Å². The molecule has 7 N–H and O–H groups in total. The number of rotatable bonds is 7. The maximum atomic E-state index is 12.4. The quantitative estimate of drug-likeness (QED) is 0.301. The number of H-pyrrole nitrogens is 1. The van der Waals surface area contributed by atoms with Crippen molar-refractivity contribution in [3.8, 4) is 0 Å². The molecule has 2 aliphatic rings. The molecule has 0 bridgehead atoms. The fourth-order valence-corrected chi connectivity index (χ4v) is 4.00. The molecule has 2 aromatic rings. The van der Waals surface area contributed by atoms with E-state index >= 15 is 0 Å². The molecular weight excluding hydrogens is 470 g/mol. The van der Waals surface area contributed by atoms with E-state index in [1.807, 2.05) is 9.80 Å². The largest absolute Gasteiger partial charge is 0.481 e. The smallest absolute Gasteiger partial charge is 0.326 e. The number of carboxylic acids is 2. The van der Waals surface area contributed by atoms with E-state index in [-0.39, 0.29) is 48.4 Å². The number of aromatic nitrogens is 2. The van der Waals surface area contributed by atoms with Crippen LogP contribution in [0.2, 0.25) is 0 Å². The summed E-state index contributed by atoms with van der Waals surface area (Å²) < 4.78 is 0. The topological polar surface area (TPSA) is 194 Å². The molecule has 2 aliphatic heterocycles. The Bertz CT molecular complexity index is 1160. The van der Waals surface area contributed by atoms with Gasteiger partial charge in [-0.05, 0) is 30.7 Å². The second-order valence-corrected chi connectivity index (χ2v) is 7.86. The standard InChI is InChI=1S/C20H23N7O6.ClH/c21-20-24-16-15(18(31)25-20)27-9-26(8-12(27)7-22-16)11-3-1-10(2-4-11)17(30)23-13(19(32)33)5-6-14(28)29;/h1-4,12-13H,5-9H2,(H,23,30)(H,28,29)(H,32,33)(H4,21,22,24,25,31);1H. The number of aromatic amines is 1. The van der Waals surface area contributed by atoms with Crippen LogP contribution in [-0.4, -0.2) is 69.9 Å². The van der Waals surface area contributed by atoms with Gasteiger partial charge in [-0.3, -0.25) is 19.4 Å². The van der Waals surface area contributed by atoms with Crippen molar-refractivity contribution in [1.82, 2.24) is 15.3 Å². The maximum Gasteiger partial charge on any atom is 0.326 e. The lowest BCUT2D eigenvalue weighted by atomic mass is 10.1. The number of halogens is 1. The van der Waals surface area contributed by atoms with Crippen LogP contribution in [0.4, 0.5) is 23.1 Å². The van der Waals surface area contributed by atoms with Gasteiger partial charge in [0.2, 0.25) is 5.95 Å². The number of carbonyl (C=O) groups excluding carboxylic acids is 1. The monoisotopic (exact) mass is 493 g/mol. The molecule has 0 aliphatic carbocycles. The lowest BCUT2D eigenvalue weighted by molar-refractivity contribution is -0.140. The van der Waals surface area contributed by atoms with Crippen molar-refractivity contribution >= 4 is 53.4 Å². The third-order valence-corrected chi connectivity index (χ3v) is 5.65. The van der Waals surface area contributed by atoms with Gasteiger partial charge in [-0.1, -0.05) is 0 Å². The Labute approximate surface area is 199 Å². The molecule has 1 saturated heterocycles. The highest BCUT2D eigenvalue weighted by molar-refractivity contribution is 5.97. The van der Waals surface area contributed by atoms with Gasteiger partial charge in [-0.2, -0.15) is 4.98 Å². The van der Waals surface area contributed by atoms with Gasteiger partial charge in [0.15, 0.2) is 5.82 Å². The number of anilines is 4. The van der Waals surface area contributed by atoms with Crippen molar-refractivity contribution in [1.29, 1.82) is 0 Å². The van der Waals surface area contributed by atoms with Gasteiger partial charge in [-0.15, -0.1) is 12.4 Å². The van der Waals surface area contributed by atoms with E-state index in [4.69, 9.17) is 10.8 Å². The average Bonchev–Trinajstić information content (AvgIpc) is 3.20. The molecule has 0 radical (unpaired) electrons. The van der Waals surface area contributed by atoms with Gasteiger partial charge in [0, 0.05) is 30.8 Å². The molecule has 4 rings (SSSR count). The molecule has 1 aromatic heterocycles. The van der Waals surface area contributed by atoms with E-state index < -0.39 is 23.9 Å². The zero-order chi connectivity index (χ0) is 23.7. The van der Waals surface area contributed by atoms with Crippen LogP contribution >= 0.6 is 12.4 Å². The first-order valence-electron chi connectivity index (χ1n) is 10.2. The predicted octanol–water partition coefficient (Wildman–Crippen LogP) is -0.100. The lowest BCUT2D eigenvalue weighted by Crippen LogP contribution is -2.44. The first-order chi connectivity index (χ1) is 15.7. The third-order valence-electron chi connectivity index (χ3n) is 5.65. The van der Waals surface area contributed by atoms with E-state index in [9.17, 15) is 24.3 Å². The van der Waals surface area contributed by atoms with E-state index in [0.717, 1.165) is 5.69 Å². The second-order valence-electron chi connectivity index (χ2n) is 7.86. The number of nitrogens with zero attached hydrogens (tertiary/aromatic N) is 3. The first-order valence-corrected chi connectivity index (χ1v) is 10.2. The maximum absolute atomic E-state index is 12.4.